The van der Waals surface area contributed by atoms with Gasteiger partial charge in [0.05, 0.1) is 12.2 Å². The molecule has 2 rings (SSSR count). The van der Waals surface area contributed by atoms with Crippen molar-refractivity contribution in [3.05, 3.63) is 55.8 Å². The van der Waals surface area contributed by atoms with Crippen LogP contribution in [0.4, 0.5) is 105 Å². The van der Waals surface area contributed by atoms with Crippen molar-refractivity contribution in [1.29, 1.82) is 0 Å². The molecule has 1 saturated carbocycles. The third-order valence-electron chi connectivity index (χ3n) is 6.17. The molecule has 0 N–H and O–H groups in total. The zero-order valence-electron chi connectivity index (χ0n) is 30.4. The summed E-state index contributed by atoms with van der Waals surface area (Å²) in [4.78, 5) is 0. The van der Waals surface area contributed by atoms with Crippen LogP contribution in [0.1, 0.15) is 24.8 Å². The molecule has 0 bridgehead atoms. The first kappa shape index (κ1) is 67.2. The minimum absolute atomic E-state index is 0.782. The quantitative estimate of drug-likeness (QED) is 0.0597. The van der Waals surface area contributed by atoms with Gasteiger partial charge in [0.1, 0.15) is 0 Å². The molecular formula is C28H20F24MoO10P2. The molecular weight excluding hydrogens is 1110 g/mol. The summed E-state index contributed by atoms with van der Waals surface area (Å²) in [6.45, 7) is 13.5. The summed E-state index contributed by atoms with van der Waals surface area (Å²) in [5.74, 6) is 0. The van der Waals surface area contributed by atoms with Crippen LogP contribution in [0, 0.1) is 20.0 Å². The Balaban J connectivity index is -0.00000204. The predicted molar refractivity (Wildman–Crippen MR) is 155 cm³/mol. The van der Waals surface area contributed by atoms with Crippen molar-refractivity contribution >= 4 is 21.3 Å². The van der Waals surface area contributed by atoms with E-state index in [1.54, 1.807) is 7.11 Å². The average molecular weight is 1130 g/mol. The summed E-state index contributed by atoms with van der Waals surface area (Å²) in [5, 5.41) is 0. The molecule has 1 aliphatic carbocycles. The van der Waals surface area contributed by atoms with E-state index in [-0.39, 0.29) is 0 Å². The van der Waals surface area contributed by atoms with Crippen LogP contribution in [0.15, 0.2) is 30.3 Å². The Kier molecular flexibility index (Phi) is 28.7. The van der Waals surface area contributed by atoms with Crippen LogP contribution in [0.25, 0.3) is 0 Å². The van der Waals surface area contributed by atoms with Crippen LogP contribution < -0.4 is 0 Å². The van der Waals surface area contributed by atoms with Crippen molar-refractivity contribution in [3.63, 3.8) is 0 Å². The Morgan fingerprint density at radius 2 is 0.692 bits per heavy atom. The zero-order valence-corrected chi connectivity index (χ0v) is 34.2. The molecule has 1 aromatic rings. The SMILES string of the molecule is CO[C](=[Mo])c1ccccc1.FC(F)(F)C(OP(OC(C(F)(F)F)C(F)(F)F)O[C@H]1CCC[C@@H]1OP(OC(C(F)(F)F)C(F)(F)F)OC(C(F)(F)F)C(F)(F)F)C(F)(F)F.[C-]#[O+].[C-]#[O+].[C-]#[O+]. The summed E-state index contributed by atoms with van der Waals surface area (Å²) in [7, 11) is -8.96. The third-order valence-corrected chi connectivity index (χ3v) is 9.58. The van der Waals surface area contributed by atoms with Gasteiger partial charge in [-0.15, -0.1) is 0 Å². The summed E-state index contributed by atoms with van der Waals surface area (Å²) < 4.78 is 361. The second-order valence-electron chi connectivity index (χ2n) is 10.8. The van der Waals surface area contributed by atoms with E-state index >= 15 is 0 Å². The molecule has 0 aromatic heterocycles. The first-order chi connectivity index (χ1) is 29.2. The topological polar surface area (TPSA) is 124 Å². The maximum atomic E-state index is 13.0. The van der Waals surface area contributed by atoms with Gasteiger partial charge in [0.15, 0.2) is 0 Å². The Labute approximate surface area is 360 Å². The molecule has 1 aromatic carbocycles. The van der Waals surface area contributed by atoms with Gasteiger partial charge >= 0.3 is 172 Å². The molecule has 37 heteroatoms. The summed E-state index contributed by atoms with van der Waals surface area (Å²) in [5.41, 5.74) is 1.15. The number of hydrogen-bond acceptors (Lipinski definition) is 7. The Hall–Kier alpha value is -2.10. The summed E-state index contributed by atoms with van der Waals surface area (Å²) in [6.07, 6.45) is -83.8. The molecule has 0 spiro atoms. The summed E-state index contributed by atoms with van der Waals surface area (Å²) >= 11 is 1.88. The molecule has 0 amide bonds. The first-order valence-electron chi connectivity index (χ1n) is 15.1. The van der Waals surface area contributed by atoms with E-state index in [0.29, 0.717) is 0 Å². The number of methoxy groups -OCH3 is 1. The van der Waals surface area contributed by atoms with E-state index in [0.717, 1.165) is 9.65 Å². The van der Waals surface area contributed by atoms with E-state index in [2.05, 4.69) is 47.1 Å². The maximum absolute atomic E-state index is 13.0. The summed E-state index contributed by atoms with van der Waals surface area (Å²) in [6, 6.07) is 10.1. The molecule has 0 aliphatic heterocycles. The number of alkyl halides is 24. The molecule has 0 heterocycles. The predicted octanol–water partition coefficient (Wildman–Crippen LogP) is 11.7. The molecule has 0 radical (unpaired) electrons. The van der Waals surface area contributed by atoms with Gasteiger partial charge in [-0.1, -0.05) is 0 Å². The molecule has 1 fully saturated rings. The van der Waals surface area contributed by atoms with Gasteiger partial charge in [-0.2, -0.15) is 105 Å². The standard InChI is InChI=1S/C17H12F24O6P2.C8H8O.3CO.Mo/c18-10(19,20)6(11(21,22)23)44-48(45-7(12(24,25)26)13(27,28)29)42-4-2-1-3-5(4)43-49(46-8(14(30,31)32)15(33,34)35)47-9(16(36,37)38)17(39,40)41;1-9-7-8-5-3-2-4-6-8;3*1-2;/h4-9H,1-3H2;2-6H,1H3;;;;/t4-,5-;;;;;/m0...../s1. The van der Waals surface area contributed by atoms with Gasteiger partial charge in [-0.25, -0.2) is 0 Å². The van der Waals surface area contributed by atoms with E-state index in [1.807, 2.05) is 49.7 Å². The van der Waals surface area contributed by atoms with Crippen molar-refractivity contribution in [2.24, 2.45) is 0 Å². The fourth-order valence-corrected chi connectivity index (χ4v) is 6.96. The van der Waals surface area contributed by atoms with E-state index in [9.17, 15) is 105 Å². The zero-order chi connectivity index (χ0) is 52.4. The normalized spacial score (nSPS) is 16.6. The van der Waals surface area contributed by atoms with Crippen LogP contribution in [-0.4, -0.2) is 97.2 Å². The van der Waals surface area contributed by atoms with Crippen molar-refractivity contribution in [3.8, 4) is 0 Å². The number of benzene rings is 1. The van der Waals surface area contributed by atoms with E-state index < -0.39 is 123 Å². The van der Waals surface area contributed by atoms with Gasteiger partial charge < -0.3 is 9.05 Å². The molecule has 0 saturated heterocycles. The molecule has 10 nitrogen and oxygen atoms in total. The van der Waals surface area contributed by atoms with Crippen LogP contribution >= 0.6 is 17.2 Å². The number of ether oxygens (including phenoxy) is 1. The van der Waals surface area contributed by atoms with E-state index in [1.165, 1.54) is 0 Å². The van der Waals surface area contributed by atoms with E-state index in [4.69, 9.17) is 18.7 Å². The fourth-order valence-electron chi connectivity index (χ4n) is 3.76. The molecule has 2 atom stereocenters. The third kappa shape index (κ3) is 25.2. The molecule has 65 heavy (non-hydrogen) atoms. The van der Waals surface area contributed by atoms with Crippen LogP contribution in [0.3, 0.4) is 0 Å². The van der Waals surface area contributed by atoms with Gasteiger partial charge in [-0.3, -0.25) is 18.1 Å². The van der Waals surface area contributed by atoms with Crippen LogP contribution in [0.5, 0.6) is 0 Å². The monoisotopic (exact) mass is 1130 g/mol. The Bertz CT molecular complexity index is 1360. The van der Waals surface area contributed by atoms with Gasteiger partial charge in [0, 0.05) is 0 Å². The van der Waals surface area contributed by atoms with Crippen molar-refractivity contribution in [2.45, 2.75) is 105 Å². The molecule has 376 valence electrons. The first-order valence-corrected chi connectivity index (χ1v) is 18.3. The molecule has 1 aliphatic rings. The Morgan fingerprint density at radius 1 is 0.477 bits per heavy atom. The minimum atomic E-state index is -6.73. The average Bonchev–Trinajstić information content (AvgIpc) is 3.58. The Morgan fingerprint density at radius 3 is 0.877 bits per heavy atom. The number of halogens is 24. The fraction of sp³-hybridized carbons (Fsp3) is 0.643. The second kappa shape index (κ2) is 27.8. The number of hydrogen-bond donors (Lipinski definition) is 0. The molecule has 0 unspecified atom stereocenters. The number of rotatable bonds is 14. The van der Waals surface area contributed by atoms with Crippen LogP contribution in [-0.2, 0) is 65.2 Å². The van der Waals surface area contributed by atoms with Gasteiger partial charge in [0.25, 0.3) is 24.4 Å². The van der Waals surface area contributed by atoms with Crippen molar-refractivity contribution < 1.29 is 171 Å². The van der Waals surface area contributed by atoms with Gasteiger partial charge in [0.2, 0.25) is 0 Å². The second-order valence-corrected chi connectivity index (χ2v) is 13.9. The van der Waals surface area contributed by atoms with Gasteiger partial charge in [-0.05, 0) is 19.3 Å². The van der Waals surface area contributed by atoms with Crippen molar-refractivity contribution in [2.75, 3.05) is 7.11 Å². The van der Waals surface area contributed by atoms with Crippen molar-refractivity contribution in [1.82, 2.24) is 0 Å². The van der Waals surface area contributed by atoms with Crippen LogP contribution in [0.2, 0.25) is 0 Å².